The van der Waals surface area contributed by atoms with Crippen LogP contribution in [0.15, 0.2) is 36.9 Å². The molecule has 0 saturated heterocycles. The minimum Gasteiger partial charge on any atom is -0.394 e. The summed E-state index contributed by atoms with van der Waals surface area (Å²) in [6, 6.07) is 4.70. The van der Waals surface area contributed by atoms with E-state index in [0.29, 0.717) is 5.52 Å². The summed E-state index contributed by atoms with van der Waals surface area (Å²) in [7, 11) is 0. The Hall–Kier alpha value is -3.04. The number of aliphatic hydroxyl groups excluding tert-OH is 1. The second-order valence-corrected chi connectivity index (χ2v) is 5.26. The molecule has 0 aliphatic rings. The van der Waals surface area contributed by atoms with Crippen molar-refractivity contribution < 1.29 is 19.1 Å². The number of carbonyl (C=O) groups is 1. The number of nitrogens with one attached hydrogen (secondary N) is 2. The molecule has 2 heterocycles. The van der Waals surface area contributed by atoms with E-state index in [1.54, 1.807) is 29.7 Å². The van der Waals surface area contributed by atoms with E-state index in [1.807, 2.05) is 13.8 Å². The summed E-state index contributed by atoms with van der Waals surface area (Å²) in [5.74, 6) is -0.859. The third-order valence-electron chi connectivity index (χ3n) is 3.41. The number of carbonyl (C=O) groups excluding carboxylic acids is 1. The van der Waals surface area contributed by atoms with Crippen molar-refractivity contribution in [1.82, 2.24) is 19.8 Å². The molecular formula is C18H22FN5O3. The minimum absolute atomic E-state index is 0.0107. The van der Waals surface area contributed by atoms with Crippen molar-refractivity contribution in [2.45, 2.75) is 20.8 Å². The van der Waals surface area contributed by atoms with Crippen molar-refractivity contribution in [3.8, 4) is 0 Å². The fourth-order valence-electron chi connectivity index (χ4n) is 2.24. The van der Waals surface area contributed by atoms with Gasteiger partial charge >= 0.3 is 0 Å². The van der Waals surface area contributed by atoms with Gasteiger partial charge in [0.2, 0.25) is 0 Å². The molecule has 3 aromatic rings. The maximum absolute atomic E-state index is 14.2. The molecule has 0 unspecified atom stereocenters. The highest BCUT2D eigenvalue weighted by Gasteiger charge is 2.18. The summed E-state index contributed by atoms with van der Waals surface area (Å²) >= 11 is 0. The Bertz CT molecular complexity index is 913. The van der Waals surface area contributed by atoms with E-state index < -0.39 is 11.7 Å². The molecule has 144 valence electrons. The number of hydroxylamine groups is 1. The quantitative estimate of drug-likeness (QED) is 0.452. The van der Waals surface area contributed by atoms with Gasteiger partial charge in [0.25, 0.3) is 5.91 Å². The summed E-state index contributed by atoms with van der Waals surface area (Å²) in [6.45, 7) is 5.48. The van der Waals surface area contributed by atoms with Gasteiger partial charge in [-0.05, 0) is 24.6 Å². The molecule has 8 nitrogen and oxygen atoms in total. The molecule has 0 bridgehead atoms. The Kier molecular flexibility index (Phi) is 7.21. The topological polar surface area (TPSA) is 101 Å². The molecule has 1 amide bonds. The molecule has 27 heavy (non-hydrogen) atoms. The van der Waals surface area contributed by atoms with Gasteiger partial charge in [-0.1, -0.05) is 19.9 Å². The van der Waals surface area contributed by atoms with Gasteiger partial charge in [-0.3, -0.25) is 14.0 Å². The zero-order valence-electron chi connectivity index (χ0n) is 15.4. The van der Waals surface area contributed by atoms with Gasteiger partial charge in [-0.2, -0.15) is 0 Å². The Labute approximate surface area is 156 Å². The number of aliphatic hydroxyl groups is 1. The number of hydrogen-bond donors (Lipinski definition) is 3. The second kappa shape index (κ2) is 9.60. The smallest absolute Gasteiger partial charge is 0.297 e. The third-order valence-corrected chi connectivity index (χ3v) is 3.41. The molecule has 1 aromatic carbocycles. The van der Waals surface area contributed by atoms with E-state index in [0.717, 1.165) is 5.56 Å². The molecule has 0 atom stereocenters. The fraction of sp³-hybridized carbons (Fsp3) is 0.278. The van der Waals surface area contributed by atoms with Crippen LogP contribution in [-0.2, 0) is 4.84 Å². The van der Waals surface area contributed by atoms with Gasteiger partial charge in [0.05, 0.1) is 36.8 Å². The van der Waals surface area contributed by atoms with Gasteiger partial charge in [0, 0.05) is 0 Å². The minimum atomic E-state index is -0.640. The molecule has 0 aliphatic heterocycles. The van der Waals surface area contributed by atoms with Crippen LogP contribution >= 0.6 is 0 Å². The van der Waals surface area contributed by atoms with E-state index in [2.05, 4.69) is 20.8 Å². The van der Waals surface area contributed by atoms with E-state index in [9.17, 15) is 9.18 Å². The first-order valence-electron chi connectivity index (χ1n) is 8.47. The predicted molar refractivity (Wildman–Crippen MR) is 99.3 cm³/mol. The maximum Gasteiger partial charge on any atom is 0.297 e. The number of aromatic nitrogens is 3. The molecular weight excluding hydrogens is 353 g/mol. The largest absolute Gasteiger partial charge is 0.394 e. The van der Waals surface area contributed by atoms with Crippen LogP contribution in [0.4, 0.5) is 15.9 Å². The summed E-state index contributed by atoms with van der Waals surface area (Å²) in [4.78, 5) is 25.2. The standard InChI is InChI=1S/C16H16FN5O3.C2H6/c1-10-2-3-13(12(17)6-10)20-15-14(16(24)21-25-5-4-23)19-8-11-7-18-9-22(11)15;1-2/h2-3,6-9,20,23H,4-5H2,1H3,(H,21,24);1-2H3. The molecule has 0 radical (unpaired) electrons. The second-order valence-electron chi connectivity index (χ2n) is 5.26. The summed E-state index contributed by atoms with van der Waals surface area (Å²) in [6.07, 6.45) is 4.51. The lowest BCUT2D eigenvalue weighted by molar-refractivity contribution is 0.0165. The average Bonchev–Trinajstić information content (AvgIpc) is 3.15. The fourth-order valence-corrected chi connectivity index (χ4v) is 2.24. The molecule has 9 heteroatoms. The van der Waals surface area contributed by atoms with Gasteiger partial charge in [0.15, 0.2) is 5.69 Å². The third kappa shape index (κ3) is 4.78. The number of anilines is 2. The SMILES string of the molecule is CC.Cc1ccc(Nc2c(C(=O)NOCCO)ncc3cncn23)c(F)c1. The van der Waals surface area contributed by atoms with Crippen molar-refractivity contribution in [2.24, 2.45) is 0 Å². The highest BCUT2D eigenvalue weighted by molar-refractivity contribution is 5.97. The van der Waals surface area contributed by atoms with Crippen molar-refractivity contribution in [3.05, 3.63) is 54.0 Å². The first kappa shape index (κ1) is 20.3. The van der Waals surface area contributed by atoms with Gasteiger partial charge in [-0.15, -0.1) is 0 Å². The Morgan fingerprint density at radius 1 is 1.33 bits per heavy atom. The van der Waals surface area contributed by atoms with Gasteiger partial charge in [-0.25, -0.2) is 19.8 Å². The molecule has 0 aliphatic carbocycles. The first-order valence-corrected chi connectivity index (χ1v) is 8.47. The Balaban J connectivity index is 0.00000126. The predicted octanol–water partition coefficient (Wildman–Crippen LogP) is 2.60. The highest BCUT2D eigenvalue weighted by Crippen LogP contribution is 2.24. The van der Waals surface area contributed by atoms with E-state index in [4.69, 9.17) is 9.94 Å². The van der Waals surface area contributed by atoms with Crippen LogP contribution in [0.25, 0.3) is 5.52 Å². The zero-order chi connectivity index (χ0) is 19.8. The molecule has 2 aromatic heterocycles. The van der Waals surface area contributed by atoms with E-state index >= 15 is 0 Å². The number of nitrogens with zero attached hydrogens (tertiary/aromatic N) is 3. The lowest BCUT2D eigenvalue weighted by atomic mass is 10.2. The van der Waals surface area contributed by atoms with Crippen molar-refractivity contribution in [1.29, 1.82) is 0 Å². The Morgan fingerprint density at radius 3 is 2.81 bits per heavy atom. The number of benzene rings is 1. The van der Waals surface area contributed by atoms with Crippen LogP contribution in [0.3, 0.4) is 0 Å². The monoisotopic (exact) mass is 375 g/mol. The van der Waals surface area contributed by atoms with Crippen LogP contribution in [0, 0.1) is 12.7 Å². The number of fused-ring (bicyclic) bond motifs is 1. The molecule has 0 fully saturated rings. The molecule has 0 spiro atoms. The number of halogens is 1. The number of imidazole rings is 1. The number of rotatable bonds is 6. The normalized spacial score (nSPS) is 10.3. The maximum atomic E-state index is 14.2. The first-order chi connectivity index (χ1) is 13.1. The van der Waals surface area contributed by atoms with Gasteiger partial charge < -0.3 is 10.4 Å². The van der Waals surface area contributed by atoms with Crippen LogP contribution < -0.4 is 10.8 Å². The lowest BCUT2D eigenvalue weighted by Crippen LogP contribution is -2.27. The molecule has 0 saturated carbocycles. The number of aryl methyl sites for hydroxylation is 1. The van der Waals surface area contributed by atoms with E-state index in [1.165, 1.54) is 18.6 Å². The lowest BCUT2D eigenvalue weighted by Gasteiger charge is -2.14. The van der Waals surface area contributed by atoms with Gasteiger partial charge in [0.1, 0.15) is 18.0 Å². The number of amides is 1. The highest BCUT2D eigenvalue weighted by atomic mass is 19.1. The van der Waals surface area contributed by atoms with Crippen LogP contribution in [0.2, 0.25) is 0 Å². The van der Waals surface area contributed by atoms with Crippen LogP contribution in [0.1, 0.15) is 29.9 Å². The summed E-state index contributed by atoms with van der Waals surface area (Å²) in [5, 5.41) is 11.6. The average molecular weight is 375 g/mol. The van der Waals surface area contributed by atoms with Crippen LogP contribution in [-0.4, -0.2) is 38.6 Å². The summed E-state index contributed by atoms with van der Waals surface area (Å²) in [5.41, 5.74) is 3.76. The van der Waals surface area contributed by atoms with E-state index in [-0.39, 0.29) is 30.4 Å². The zero-order valence-corrected chi connectivity index (χ0v) is 15.4. The summed E-state index contributed by atoms with van der Waals surface area (Å²) < 4.78 is 15.8. The number of hydrogen-bond acceptors (Lipinski definition) is 6. The van der Waals surface area contributed by atoms with Crippen molar-refractivity contribution >= 4 is 22.9 Å². The molecule has 3 N–H and O–H groups in total. The Morgan fingerprint density at radius 2 is 2.11 bits per heavy atom. The van der Waals surface area contributed by atoms with Crippen molar-refractivity contribution in [3.63, 3.8) is 0 Å². The molecule has 3 rings (SSSR count). The van der Waals surface area contributed by atoms with Crippen molar-refractivity contribution in [2.75, 3.05) is 18.5 Å². The van der Waals surface area contributed by atoms with Crippen LogP contribution in [0.5, 0.6) is 0 Å².